The lowest BCUT2D eigenvalue weighted by atomic mass is 9.60. The molecule has 0 heterocycles. The topological polar surface area (TPSA) is 190 Å². The predicted octanol–water partition coefficient (Wildman–Crippen LogP) is 1.73. The number of aromatic hydroxyl groups is 1. The van der Waals surface area contributed by atoms with Gasteiger partial charge in [-0.05, 0) is 41.4 Å². The van der Waals surface area contributed by atoms with E-state index < -0.39 is 52.0 Å². The summed E-state index contributed by atoms with van der Waals surface area (Å²) in [6.45, 7) is 5.98. The molecular weight excluding hydrogens is 504 g/mol. The Hall–Kier alpha value is -2.92. The van der Waals surface area contributed by atoms with Crippen molar-refractivity contribution < 1.29 is 39.9 Å². The largest absolute Gasteiger partial charge is 0.511 e. The lowest BCUT2D eigenvalue weighted by molar-refractivity contribution is -0.144. The second kappa shape index (κ2) is 9.13. The van der Waals surface area contributed by atoms with Gasteiger partial charge in [-0.2, -0.15) is 0 Å². The summed E-state index contributed by atoms with van der Waals surface area (Å²) in [6, 6.07) is 1.07. The minimum atomic E-state index is -2.61. The molecule has 3 aliphatic rings. The number of hydrogen-bond donors (Lipinski definition) is 7. The van der Waals surface area contributed by atoms with Crippen molar-refractivity contribution in [3.63, 3.8) is 0 Å². The van der Waals surface area contributed by atoms with E-state index in [9.17, 15) is 39.9 Å². The van der Waals surface area contributed by atoms with Crippen LogP contribution in [0, 0.1) is 17.3 Å². The molecule has 0 aromatic heterocycles. The van der Waals surface area contributed by atoms with Gasteiger partial charge in [-0.25, -0.2) is 0 Å². The Morgan fingerprint density at radius 3 is 2.46 bits per heavy atom. The molecule has 0 radical (unpaired) electrons. The fourth-order valence-electron chi connectivity index (χ4n) is 5.73. The predicted molar refractivity (Wildman–Crippen MR) is 133 cm³/mol. The fraction of sp³-hybridized carbons (Fsp3) is 0.500. The van der Waals surface area contributed by atoms with Crippen LogP contribution in [0.25, 0.3) is 0 Å². The van der Waals surface area contributed by atoms with Crippen LogP contribution < -0.4 is 11.1 Å². The number of hydrogen-bond acceptors (Lipinski definition) is 9. The molecule has 4 atom stereocenters. The van der Waals surface area contributed by atoms with Crippen LogP contribution in [0.5, 0.6) is 5.75 Å². The standard InChI is InChI=1S/C26H31ClN2O8/c1-25(2,3)16(9-30)29-8-11-6-14(31)18-13(20(11)27)5-10-4-12-7-15(32)19(24(28)36)23(35)26(12,37)22(34)17(10)21(18)33/h6,10,12,16,29-32,34,37H,4-5,7-9H2,1-3H3,(H2,28,36)/t10?,12-,16+,26-/m0/s1. The summed E-state index contributed by atoms with van der Waals surface area (Å²) in [5, 5.41) is 56.6. The molecular formula is C26H31ClN2O8. The van der Waals surface area contributed by atoms with Gasteiger partial charge in [-0.1, -0.05) is 32.4 Å². The van der Waals surface area contributed by atoms with Gasteiger partial charge in [-0.15, -0.1) is 0 Å². The average Bonchev–Trinajstić information content (AvgIpc) is 2.78. The number of primary amides is 1. The number of halogens is 1. The van der Waals surface area contributed by atoms with E-state index in [1.807, 2.05) is 20.8 Å². The first kappa shape index (κ1) is 27.1. The maximum Gasteiger partial charge on any atom is 0.255 e. The van der Waals surface area contributed by atoms with Gasteiger partial charge < -0.3 is 36.6 Å². The van der Waals surface area contributed by atoms with Crippen molar-refractivity contribution in [3.8, 4) is 5.75 Å². The summed E-state index contributed by atoms with van der Waals surface area (Å²) in [7, 11) is 0. The molecule has 10 nitrogen and oxygen atoms in total. The van der Waals surface area contributed by atoms with Crippen molar-refractivity contribution in [1.82, 2.24) is 5.32 Å². The number of carbonyl (C=O) groups is 3. The zero-order chi connectivity index (χ0) is 27.6. The lowest BCUT2D eigenvalue weighted by Crippen LogP contribution is -2.57. The first-order chi connectivity index (χ1) is 17.1. The van der Waals surface area contributed by atoms with Crippen molar-refractivity contribution in [2.45, 2.75) is 58.2 Å². The van der Waals surface area contributed by atoms with Crippen molar-refractivity contribution in [3.05, 3.63) is 50.4 Å². The molecule has 4 rings (SSSR count). The number of ketones is 2. The van der Waals surface area contributed by atoms with Crippen molar-refractivity contribution in [1.29, 1.82) is 0 Å². The van der Waals surface area contributed by atoms with Crippen molar-refractivity contribution >= 4 is 29.1 Å². The van der Waals surface area contributed by atoms with E-state index in [0.717, 1.165) is 0 Å². The first-order valence-electron chi connectivity index (χ1n) is 12.0. The van der Waals surface area contributed by atoms with Crippen LogP contribution in [0.15, 0.2) is 28.7 Å². The number of nitrogens with one attached hydrogen (secondary N) is 1. The van der Waals surface area contributed by atoms with Crippen molar-refractivity contribution in [2.24, 2.45) is 23.0 Å². The summed E-state index contributed by atoms with van der Waals surface area (Å²) in [6.07, 6.45) is -0.149. The highest BCUT2D eigenvalue weighted by Gasteiger charge is 2.59. The Labute approximate surface area is 218 Å². The molecule has 1 aromatic carbocycles. The van der Waals surface area contributed by atoms with Gasteiger partial charge in [0.05, 0.1) is 12.2 Å². The fourth-order valence-corrected chi connectivity index (χ4v) is 6.02. The zero-order valence-corrected chi connectivity index (χ0v) is 21.5. The number of nitrogens with two attached hydrogens (primary N) is 1. The van der Waals surface area contributed by atoms with Gasteiger partial charge >= 0.3 is 0 Å². The van der Waals surface area contributed by atoms with E-state index >= 15 is 0 Å². The van der Waals surface area contributed by atoms with Crippen LogP contribution in [0.2, 0.25) is 5.02 Å². The van der Waals surface area contributed by atoms with E-state index in [1.54, 1.807) is 0 Å². The average molecular weight is 535 g/mol. The highest BCUT2D eigenvalue weighted by Crippen LogP contribution is 2.52. The van der Waals surface area contributed by atoms with E-state index in [2.05, 4.69) is 5.32 Å². The van der Waals surface area contributed by atoms with E-state index in [0.29, 0.717) is 11.1 Å². The molecule has 0 bridgehead atoms. The van der Waals surface area contributed by atoms with Crippen molar-refractivity contribution in [2.75, 3.05) is 6.61 Å². The van der Waals surface area contributed by atoms with Gasteiger partial charge in [-0.3, -0.25) is 14.4 Å². The molecule has 200 valence electrons. The van der Waals surface area contributed by atoms with E-state index in [4.69, 9.17) is 17.3 Å². The Kier molecular flexibility index (Phi) is 6.69. The number of aliphatic hydroxyl groups excluding tert-OH is 3. The highest BCUT2D eigenvalue weighted by molar-refractivity contribution is 6.33. The smallest absolute Gasteiger partial charge is 0.255 e. The Morgan fingerprint density at radius 2 is 1.89 bits per heavy atom. The van der Waals surface area contributed by atoms with E-state index in [-0.39, 0.29) is 65.8 Å². The molecule has 11 heteroatoms. The van der Waals surface area contributed by atoms with Crippen LogP contribution in [0.3, 0.4) is 0 Å². The quantitative estimate of drug-likeness (QED) is 0.276. The van der Waals surface area contributed by atoms with Gasteiger partial charge in [0.2, 0.25) is 5.78 Å². The number of phenols is 1. The number of Topliss-reactive ketones (excluding diaryl/α,β-unsaturated/α-hetero) is 2. The summed E-state index contributed by atoms with van der Waals surface area (Å²) < 4.78 is 0. The number of benzene rings is 1. The zero-order valence-electron chi connectivity index (χ0n) is 20.8. The van der Waals surface area contributed by atoms with Gasteiger partial charge in [0.25, 0.3) is 5.91 Å². The number of fused-ring (bicyclic) bond motifs is 3. The van der Waals surface area contributed by atoms with Gasteiger partial charge in [0, 0.05) is 35.5 Å². The highest BCUT2D eigenvalue weighted by atomic mass is 35.5. The van der Waals surface area contributed by atoms with Gasteiger partial charge in [0.15, 0.2) is 11.4 Å². The summed E-state index contributed by atoms with van der Waals surface area (Å²) in [5.74, 6) is -6.85. The molecule has 1 aromatic rings. The van der Waals surface area contributed by atoms with Crippen LogP contribution in [-0.2, 0) is 22.6 Å². The van der Waals surface area contributed by atoms with E-state index in [1.165, 1.54) is 6.07 Å². The minimum absolute atomic E-state index is 0.0269. The van der Waals surface area contributed by atoms with Crippen LogP contribution >= 0.6 is 11.6 Å². The maximum absolute atomic E-state index is 13.5. The number of carbonyl (C=O) groups excluding carboxylic acids is 3. The third kappa shape index (κ3) is 4.12. The third-order valence-electron chi connectivity index (χ3n) is 7.84. The number of aliphatic hydroxyl groups is 4. The number of amides is 1. The molecule has 8 N–H and O–H groups in total. The second-order valence-corrected chi connectivity index (χ2v) is 11.5. The summed E-state index contributed by atoms with van der Waals surface area (Å²) >= 11 is 6.69. The van der Waals surface area contributed by atoms with Crippen LogP contribution in [0.4, 0.5) is 0 Å². The van der Waals surface area contributed by atoms with Crippen LogP contribution in [0.1, 0.15) is 55.1 Å². The number of rotatable bonds is 5. The molecule has 0 saturated heterocycles. The Morgan fingerprint density at radius 1 is 1.24 bits per heavy atom. The molecule has 37 heavy (non-hydrogen) atoms. The number of phenolic OH excluding ortho intramolecular Hbond substituents is 1. The molecule has 3 aliphatic carbocycles. The molecule has 1 amide bonds. The first-order valence-corrected chi connectivity index (χ1v) is 12.4. The molecule has 0 saturated carbocycles. The summed E-state index contributed by atoms with van der Waals surface area (Å²) in [5.41, 5.74) is 2.03. The Balaban J connectivity index is 1.76. The van der Waals surface area contributed by atoms with Crippen LogP contribution in [-0.4, -0.2) is 61.3 Å². The monoisotopic (exact) mass is 534 g/mol. The second-order valence-electron chi connectivity index (χ2n) is 11.1. The molecule has 0 spiro atoms. The number of allylic oxidation sites excluding steroid dienone is 2. The summed E-state index contributed by atoms with van der Waals surface area (Å²) in [4.78, 5) is 38.3. The molecule has 0 fully saturated rings. The molecule has 1 unspecified atom stereocenters. The SMILES string of the molecule is CC(C)(C)[C@@H](CO)NCc1cc(O)c2c(c1Cl)CC1C[C@H]3CC(O)=C(C(N)=O)C(=O)[C@@]3(O)C(O)=C1C2=O. The lowest BCUT2D eigenvalue weighted by Gasteiger charge is -2.45. The van der Waals surface area contributed by atoms with Gasteiger partial charge in [0.1, 0.15) is 22.8 Å². The Bertz CT molecular complexity index is 1280. The maximum atomic E-state index is 13.5. The minimum Gasteiger partial charge on any atom is -0.511 e. The molecule has 0 aliphatic heterocycles. The normalized spacial score (nSPS) is 26.5. The third-order valence-corrected chi connectivity index (χ3v) is 8.31.